The summed E-state index contributed by atoms with van der Waals surface area (Å²) >= 11 is 0. The van der Waals surface area contributed by atoms with Crippen LogP contribution in [0.2, 0.25) is 0 Å². The summed E-state index contributed by atoms with van der Waals surface area (Å²) in [6, 6.07) is 1.65. The van der Waals surface area contributed by atoms with E-state index in [0.29, 0.717) is 12.4 Å². The van der Waals surface area contributed by atoms with Crippen molar-refractivity contribution in [3.05, 3.63) is 23.5 Å². The Kier molecular flexibility index (Phi) is 4.47. The van der Waals surface area contributed by atoms with Gasteiger partial charge in [-0.15, -0.1) is 0 Å². The maximum Gasteiger partial charge on any atom is 0.344 e. The molecule has 0 saturated carbocycles. The van der Waals surface area contributed by atoms with E-state index in [9.17, 15) is 9.59 Å². The Morgan fingerprint density at radius 3 is 2.39 bits per heavy atom. The molecule has 98 valence electrons. The molecule has 0 saturated heterocycles. The largest absolute Gasteiger partial charge is 0.477 e. The van der Waals surface area contributed by atoms with Crippen LogP contribution in [0.3, 0.4) is 0 Å². The number of hydrogen-bond acceptors (Lipinski definition) is 4. The van der Waals surface area contributed by atoms with Gasteiger partial charge in [-0.05, 0) is 13.3 Å². The third kappa shape index (κ3) is 2.88. The van der Waals surface area contributed by atoms with E-state index in [0.717, 1.165) is 0 Å². The monoisotopic (exact) mass is 253 g/mol. The maximum absolute atomic E-state index is 10.9. The van der Waals surface area contributed by atoms with Gasteiger partial charge < -0.3 is 15.5 Å². The van der Waals surface area contributed by atoms with Crippen LogP contribution in [0.1, 0.15) is 20.3 Å². The molecule has 0 radical (unpaired) electrons. The van der Waals surface area contributed by atoms with E-state index in [1.807, 2.05) is 6.92 Å². The van der Waals surface area contributed by atoms with Crippen molar-refractivity contribution < 1.29 is 19.8 Å². The molecule has 1 heterocycles. The van der Waals surface area contributed by atoms with E-state index in [4.69, 9.17) is 10.2 Å². The van der Waals surface area contributed by atoms with Crippen LogP contribution in [0.4, 0.5) is 5.82 Å². The molecule has 0 fully saturated rings. The van der Waals surface area contributed by atoms with E-state index in [2.05, 4.69) is 10.4 Å². The predicted molar refractivity (Wildman–Crippen MR) is 64.1 cm³/mol. The van der Waals surface area contributed by atoms with Crippen LogP contribution >= 0.6 is 0 Å². The second kappa shape index (κ2) is 5.85. The Balaban J connectivity index is 3.14. The predicted octanol–water partition coefficient (Wildman–Crippen LogP) is 1.15. The number of carbonyl (C=O) groups is 2. The van der Waals surface area contributed by atoms with Crippen molar-refractivity contribution >= 4 is 17.8 Å². The van der Waals surface area contributed by atoms with Crippen LogP contribution in [0.15, 0.2) is 23.5 Å². The van der Waals surface area contributed by atoms with Crippen molar-refractivity contribution in [3.8, 4) is 0 Å². The van der Waals surface area contributed by atoms with Crippen LogP contribution in [-0.2, 0) is 16.1 Å². The number of aliphatic carboxylic acids is 2. The maximum atomic E-state index is 10.9. The van der Waals surface area contributed by atoms with E-state index in [1.165, 1.54) is 0 Å². The number of aryl methyl sites for hydroxylation is 1. The molecule has 0 spiro atoms. The quantitative estimate of drug-likeness (QED) is 0.399. The summed E-state index contributed by atoms with van der Waals surface area (Å²) in [4.78, 5) is 21.8. The second-order valence-electron chi connectivity index (χ2n) is 3.47. The molecule has 0 atom stereocenters. The van der Waals surface area contributed by atoms with Crippen molar-refractivity contribution in [1.82, 2.24) is 9.78 Å². The minimum absolute atomic E-state index is 0.144. The van der Waals surface area contributed by atoms with Crippen molar-refractivity contribution in [2.45, 2.75) is 26.8 Å². The molecular formula is C11H15N3O4. The minimum atomic E-state index is -1.46. The topological polar surface area (TPSA) is 104 Å². The Morgan fingerprint density at radius 2 is 1.94 bits per heavy atom. The molecule has 0 aromatic carbocycles. The fourth-order valence-electron chi connectivity index (χ4n) is 1.52. The molecule has 1 rings (SSSR count). The first-order valence-electron chi connectivity index (χ1n) is 5.49. The highest BCUT2D eigenvalue weighted by Gasteiger charge is 2.21. The smallest absolute Gasteiger partial charge is 0.344 e. The molecule has 0 aliphatic carbocycles. The number of anilines is 1. The summed E-state index contributed by atoms with van der Waals surface area (Å²) in [6.45, 7) is 4.16. The lowest BCUT2D eigenvalue weighted by molar-refractivity contribution is -0.140. The summed E-state index contributed by atoms with van der Waals surface area (Å²) in [7, 11) is 0. The lowest BCUT2D eigenvalue weighted by Gasteiger charge is -2.12. The van der Waals surface area contributed by atoms with Gasteiger partial charge in [0.15, 0.2) is 5.57 Å². The van der Waals surface area contributed by atoms with Gasteiger partial charge in [-0.2, -0.15) is 5.10 Å². The normalized spacial score (nSPS) is 9.89. The van der Waals surface area contributed by atoms with Gasteiger partial charge in [-0.1, -0.05) is 6.92 Å². The molecule has 7 heteroatoms. The molecule has 0 unspecified atom stereocenters. The van der Waals surface area contributed by atoms with Crippen molar-refractivity contribution in [2.24, 2.45) is 0 Å². The molecule has 3 N–H and O–H groups in total. The third-order valence-corrected chi connectivity index (χ3v) is 2.38. The number of carboxylic acid groups (broad SMARTS) is 2. The average molecular weight is 253 g/mol. The Labute approximate surface area is 104 Å². The standard InChI is InChI=1S/C11H15N3O4/c1-3-7(9(10(15)16)11(17)18)13-8-5-6-12-14(8)4-2/h5-6,13H,3-4H2,1-2H3,(H,15,16)(H,17,18). The van der Waals surface area contributed by atoms with E-state index in [-0.39, 0.29) is 12.1 Å². The summed E-state index contributed by atoms with van der Waals surface area (Å²) in [5.74, 6) is -2.36. The number of hydrogen-bond donors (Lipinski definition) is 3. The Bertz CT molecular complexity index is 474. The molecule has 0 aliphatic heterocycles. The molecule has 1 aromatic heterocycles. The lowest BCUT2D eigenvalue weighted by atomic mass is 10.1. The molecule has 0 amide bonds. The number of rotatable bonds is 6. The first-order valence-corrected chi connectivity index (χ1v) is 5.49. The van der Waals surface area contributed by atoms with E-state index >= 15 is 0 Å². The SMILES string of the molecule is CCC(Nc1ccnn1CC)=C(C(=O)O)C(=O)O. The van der Waals surface area contributed by atoms with Gasteiger partial charge in [0.25, 0.3) is 0 Å². The van der Waals surface area contributed by atoms with Crippen LogP contribution in [0.25, 0.3) is 0 Å². The Morgan fingerprint density at radius 1 is 1.33 bits per heavy atom. The molecule has 0 aliphatic rings. The summed E-state index contributed by atoms with van der Waals surface area (Å²) in [5, 5.41) is 24.6. The Hall–Kier alpha value is -2.31. The van der Waals surface area contributed by atoms with Crippen LogP contribution in [-0.4, -0.2) is 31.9 Å². The zero-order valence-electron chi connectivity index (χ0n) is 10.2. The van der Waals surface area contributed by atoms with Crippen LogP contribution in [0.5, 0.6) is 0 Å². The van der Waals surface area contributed by atoms with Crippen molar-refractivity contribution in [2.75, 3.05) is 5.32 Å². The van der Waals surface area contributed by atoms with Crippen LogP contribution in [0, 0.1) is 0 Å². The number of allylic oxidation sites excluding steroid dienone is 1. The molecule has 7 nitrogen and oxygen atoms in total. The fraction of sp³-hybridized carbons (Fsp3) is 0.364. The summed E-state index contributed by atoms with van der Waals surface area (Å²) < 4.78 is 1.61. The zero-order valence-corrected chi connectivity index (χ0v) is 10.2. The lowest BCUT2D eigenvalue weighted by Crippen LogP contribution is -2.18. The fourth-order valence-corrected chi connectivity index (χ4v) is 1.52. The zero-order chi connectivity index (χ0) is 13.7. The van der Waals surface area contributed by atoms with Gasteiger partial charge in [0, 0.05) is 18.3 Å². The summed E-state index contributed by atoms with van der Waals surface area (Å²) in [6.07, 6.45) is 1.82. The van der Waals surface area contributed by atoms with Gasteiger partial charge in [0.2, 0.25) is 0 Å². The van der Waals surface area contributed by atoms with Crippen LogP contribution < -0.4 is 5.32 Å². The van der Waals surface area contributed by atoms with E-state index in [1.54, 1.807) is 23.9 Å². The number of nitrogens with one attached hydrogen (secondary N) is 1. The average Bonchev–Trinajstić information content (AvgIpc) is 2.74. The van der Waals surface area contributed by atoms with Gasteiger partial charge in [0.1, 0.15) is 5.82 Å². The molecule has 1 aromatic rings. The third-order valence-electron chi connectivity index (χ3n) is 2.38. The number of carboxylic acids is 2. The second-order valence-corrected chi connectivity index (χ2v) is 3.47. The molecule has 18 heavy (non-hydrogen) atoms. The van der Waals surface area contributed by atoms with E-state index < -0.39 is 17.5 Å². The van der Waals surface area contributed by atoms with Gasteiger partial charge in [0.05, 0.1) is 6.20 Å². The van der Waals surface area contributed by atoms with Crippen molar-refractivity contribution in [3.63, 3.8) is 0 Å². The minimum Gasteiger partial charge on any atom is -0.477 e. The first-order chi connectivity index (χ1) is 8.51. The number of aromatic nitrogens is 2. The van der Waals surface area contributed by atoms with Gasteiger partial charge in [-0.3, -0.25) is 0 Å². The molecular weight excluding hydrogens is 238 g/mol. The highest BCUT2D eigenvalue weighted by atomic mass is 16.4. The first kappa shape index (κ1) is 13.8. The summed E-state index contributed by atoms with van der Waals surface area (Å²) in [5.41, 5.74) is -0.508. The molecule has 0 bridgehead atoms. The van der Waals surface area contributed by atoms with Gasteiger partial charge >= 0.3 is 11.9 Å². The van der Waals surface area contributed by atoms with Gasteiger partial charge in [-0.25, -0.2) is 14.3 Å². The number of nitrogens with zero attached hydrogens (tertiary/aromatic N) is 2. The highest BCUT2D eigenvalue weighted by molar-refractivity contribution is 6.13. The highest BCUT2D eigenvalue weighted by Crippen LogP contribution is 2.15. The van der Waals surface area contributed by atoms with Crippen molar-refractivity contribution in [1.29, 1.82) is 0 Å².